The van der Waals surface area contributed by atoms with Gasteiger partial charge in [-0.3, -0.25) is 14.4 Å². The molecule has 0 saturated carbocycles. The number of rotatable bonds is 11. The van der Waals surface area contributed by atoms with Gasteiger partial charge in [0.15, 0.2) is 11.7 Å². The van der Waals surface area contributed by atoms with Gasteiger partial charge in [-0.05, 0) is 94.1 Å². The Morgan fingerprint density at radius 3 is 1.81 bits per heavy atom. The lowest BCUT2D eigenvalue weighted by molar-refractivity contribution is -0.157. The van der Waals surface area contributed by atoms with Gasteiger partial charge in [0, 0.05) is 24.0 Å². The Hall–Kier alpha value is -5.45. The maximum absolute atomic E-state index is 12.4. The molecule has 11 heteroatoms. The molecule has 11 nitrogen and oxygen atoms in total. The Morgan fingerprint density at radius 2 is 1.34 bits per heavy atom. The Balaban J connectivity index is 0.000000490. The number of carbonyl (C=O) groups excluding carboxylic acids is 4. The van der Waals surface area contributed by atoms with Crippen molar-refractivity contribution < 1.29 is 43.3 Å². The molecule has 0 aliphatic carbocycles. The van der Waals surface area contributed by atoms with Crippen molar-refractivity contribution in [2.45, 2.75) is 41.5 Å². The lowest BCUT2D eigenvalue weighted by atomic mass is 10.0. The van der Waals surface area contributed by atoms with Crippen LogP contribution in [0.5, 0.6) is 5.75 Å². The molecule has 0 radical (unpaired) electrons. The number of ketones is 1. The van der Waals surface area contributed by atoms with Gasteiger partial charge in [-0.25, -0.2) is 9.59 Å². The van der Waals surface area contributed by atoms with E-state index in [9.17, 15) is 24.0 Å². The van der Waals surface area contributed by atoms with Crippen molar-refractivity contribution in [1.29, 1.82) is 0 Å². The van der Waals surface area contributed by atoms with Crippen molar-refractivity contribution in [3.63, 3.8) is 0 Å². The highest BCUT2D eigenvalue weighted by Gasteiger charge is 2.33. The SMILES string of the molecule is C=C(C)C(=O)OCCOC(=O)C(C(C)=O)C(=O)Nc1cc(NC)cc(C(=O)O)c1.COc1ccc(C)c(C)c1.Cc1ccccc1C. The molecule has 0 bridgehead atoms. The van der Waals surface area contributed by atoms with Gasteiger partial charge < -0.3 is 30.0 Å². The van der Waals surface area contributed by atoms with Crippen LogP contribution in [0.25, 0.3) is 0 Å². The normalized spacial score (nSPS) is 10.4. The second-order valence-electron chi connectivity index (χ2n) is 10.5. The van der Waals surface area contributed by atoms with Gasteiger partial charge in [0.25, 0.3) is 0 Å². The fourth-order valence-corrected chi connectivity index (χ4v) is 3.63. The topological polar surface area (TPSA) is 157 Å². The van der Waals surface area contributed by atoms with Crippen molar-refractivity contribution >= 4 is 41.0 Å². The lowest BCUT2D eigenvalue weighted by Crippen LogP contribution is -2.36. The summed E-state index contributed by atoms with van der Waals surface area (Å²) in [6, 6.07) is 18.4. The molecule has 0 spiro atoms. The molecule has 3 N–H and O–H groups in total. The van der Waals surface area contributed by atoms with Gasteiger partial charge in [-0.15, -0.1) is 0 Å². The fourth-order valence-electron chi connectivity index (χ4n) is 3.63. The van der Waals surface area contributed by atoms with Crippen molar-refractivity contribution in [3.05, 3.63) is 101 Å². The predicted molar refractivity (Wildman–Crippen MR) is 181 cm³/mol. The fraction of sp³-hybridized carbons (Fsp3) is 0.306. The number of aryl methyl sites for hydroxylation is 4. The maximum atomic E-state index is 12.4. The smallest absolute Gasteiger partial charge is 0.335 e. The van der Waals surface area contributed by atoms with Crippen LogP contribution in [0.4, 0.5) is 11.4 Å². The number of anilines is 2. The van der Waals surface area contributed by atoms with E-state index in [1.165, 1.54) is 47.4 Å². The van der Waals surface area contributed by atoms with Crippen LogP contribution in [0, 0.1) is 33.6 Å². The second kappa shape index (κ2) is 19.8. The van der Waals surface area contributed by atoms with E-state index in [2.05, 4.69) is 75.2 Å². The Kier molecular flexibility index (Phi) is 16.7. The minimum Gasteiger partial charge on any atom is -0.497 e. The highest BCUT2D eigenvalue weighted by molar-refractivity contribution is 6.19. The minimum atomic E-state index is -1.77. The molecule has 3 rings (SSSR count). The van der Waals surface area contributed by atoms with Gasteiger partial charge in [-0.1, -0.05) is 36.9 Å². The molecule has 47 heavy (non-hydrogen) atoms. The van der Waals surface area contributed by atoms with E-state index in [1.54, 1.807) is 14.2 Å². The van der Waals surface area contributed by atoms with E-state index >= 15 is 0 Å². The summed E-state index contributed by atoms with van der Waals surface area (Å²) in [6.45, 7) is 13.7. The summed E-state index contributed by atoms with van der Waals surface area (Å²) in [4.78, 5) is 58.7. The molecule has 0 saturated heterocycles. The third-order valence-corrected chi connectivity index (χ3v) is 6.69. The van der Waals surface area contributed by atoms with Crippen molar-refractivity contribution in [1.82, 2.24) is 0 Å². The molecule has 0 aliphatic rings. The number of hydrogen-bond acceptors (Lipinski definition) is 9. The van der Waals surface area contributed by atoms with Crippen LogP contribution in [0.2, 0.25) is 0 Å². The first-order valence-electron chi connectivity index (χ1n) is 14.6. The number of hydrogen-bond donors (Lipinski definition) is 3. The number of carboxylic acids is 1. The third kappa shape index (κ3) is 14.0. The van der Waals surface area contributed by atoms with Crippen LogP contribution in [-0.4, -0.2) is 62.1 Å². The predicted octanol–water partition coefficient (Wildman–Crippen LogP) is 5.85. The van der Waals surface area contributed by atoms with E-state index < -0.39 is 35.5 Å². The van der Waals surface area contributed by atoms with Crippen molar-refractivity contribution in [2.75, 3.05) is 38.0 Å². The number of ether oxygens (including phenoxy) is 3. The van der Waals surface area contributed by atoms with Gasteiger partial charge in [0.1, 0.15) is 19.0 Å². The van der Waals surface area contributed by atoms with Gasteiger partial charge in [0.05, 0.1) is 12.7 Å². The summed E-state index contributed by atoms with van der Waals surface area (Å²) in [6.07, 6.45) is 0. The van der Waals surface area contributed by atoms with Gasteiger partial charge in [-0.2, -0.15) is 0 Å². The number of amides is 1. The van der Waals surface area contributed by atoms with Crippen LogP contribution in [0.1, 0.15) is 46.5 Å². The molecule has 3 aromatic carbocycles. The molecule has 0 heterocycles. The highest BCUT2D eigenvalue weighted by atomic mass is 16.6. The van der Waals surface area contributed by atoms with Crippen LogP contribution in [0.15, 0.2) is 72.8 Å². The van der Waals surface area contributed by atoms with E-state index in [0.717, 1.165) is 12.7 Å². The van der Waals surface area contributed by atoms with Crippen molar-refractivity contribution in [2.24, 2.45) is 5.92 Å². The Labute approximate surface area is 275 Å². The summed E-state index contributed by atoms with van der Waals surface area (Å²) in [5.74, 6) is -5.59. The minimum absolute atomic E-state index is 0.0775. The molecule has 0 aromatic heterocycles. The molecular formula is C36H44N2O9. The summed E-state index contributed by atoms with van der Waals surface area (Å²) in [5.41, 5.74) is 5.87. The molecule has 1 unspecified atom stereocenters. The summed E-state index contributed by atoms with van der Waals surface area (Å²) in [7, 11) is 3.24. The molecular weight excluding hydrogens is 604 g/mol. The average Bonchev–Trinajstić information content (AvgIpc) is 3.02. The second-order valence-corrected chi connectivity index (χ2v) is 10.5. The number of aromatic carboxylic acids is 1. The van der Waals surface area contributed by atoms with Crippen LogP contribution in [0.3, 0.4) is 0 Å². The first-order chi connectivity index (χ1) is 22.1. The number of carboxylic acid groups (broad SMARTS) is 1. The van der Waals surface area contributed by atoms with E-state index in [4.69, 9.17) is 19.3 Å². The number of methoxy groups -OCH3 is 1. The number of benzene rings is 3. The number of Topliss-reactive ketones (excluding diaryl/α,β-unsaturated/α-hetero) is 1. The first kappa shape index (κ1) is 39.6. The van der Waals surface area contributed by atoms with Crippen molar-refractivity contribution in [3.8, 4) is 5.75 Å². The zero-order chi connectivity index (χ0) is 35.7. The molecule has 0 fully saturated rings. The Morgan fingerprint density at radius 1 is 0.787 bits per heavy atom. The quantitative estimate of drug-likeness (QED) is 0.0997. The summed E-state index contributed by atoms with van der Waals surface area (Å²) >= 11 is 0. The largest absolute Gasteiger partial charge is 0.497 e. The first-order valence-corrected chi connectivity index (χ1v) is 14.6. The molecule has 1 atom stereocenters. The standard InChI is InChI=1S/C19H22N2O8.C9H12O.C8H10/c1-10(2)18(26)28-5-6-29-19(27)15(11(3)22)16(23)21-14-8-12(17(24)25)7-13(9-14)20-4;1-7-4-5-9(10-3)6-8(7)2;1-7-5-3-4-6-8(7)2/h7-9,15,20H,1,5-6H2,2-4H3,(H,21,23)(H,24,25);4-6H,1-3H3;3-6H,1-2H3. The number of esters is 2. The summed E-state index contributed by atoms with van der Waals surface area (Å²) in [5, 5.41) is 14.2. The molecule has 1 amide bonds. The van der Waals surface area contributed by atoms with Gasteiger partial charge in [0.2, 0.25) is 5.91 Å². The van der Waals surface area contributed by atoms with Crippen LogP contribution < -0.4 is 15.4 Å². The van der Waals surface area contributed by atoms with E-state index in [-0.39, 0.29) is 30.0 Å². The third-order valence-electron chi connectivity index (χ3n) is 6.69. The number of nitrogens with one attached hydrogen (secondary N) is 2. The monoisotopic (exact) mass is 648 g/mol. The van der Waals surface area contributed by atoms with E-state index in [1.807, 2.05) is 12.1 Å². The lowest BCUT2D eigenvalue weighted by Gasteiger charge is -2.15. The average molecular weight is 649 g/mol. The zero-order valence-electron chi connectivity index (χ0n) is 28.2. The summed E-state index contributed by atoms with van der Waals surface area (Å²) < 4.78 is 14.6. The highest BCUT2D eigenvalue weighted by Crippen LogP contribution is 2.20. The maximum Gasteiger partial charge on any atom is 0.335 e. The molecule has 0 aliphatic heterocycles. The number of carbonyl (C=O) groups is 5. The van der Waals surface area contributed by atoms with Crippen LogP contribution in [-0.2, 0) is 28.7 Å². The van der Waals surface area contributed by atoms with Crippen LogP contribution >= 0.6 is 0 Å². The Bertz CT molecular complexity index is 1560. The molecule has 3 aromatic rings. The zero-order valence-corrected chi connectivity index (χ0v) is 28.2. The van der Waals surface area contributed by atoms with E-state index in [0.29, 0.717) is 5.69 Å². The molecule has 252 valence electrons. The van der Waals surface area contributed by atoms with Gasteiger partial charge >= 0.3 is 17.9 Å².